The van der Waals surface area contributed by atoms with Gasteiger partial charge in [0.05, 0.1) is 5.69 Å². The maximum Gasteiger partial charge on any atom is 0.242 e. The van der Waals surface area contributed by atoms with E-state index in [9.17, 15) is 0 Å². The lowest BCUT2D eigenvalue weighted by Gasteiger charge is -2.07. The van der Waals surface area contributed by atoms with Crippen LogP contribution in [0.5, 0.6) is 0 Å². The minimum absolute atomic E-state index is 0.558. The molecule has 0 aliphatic rings. The van der Waals surface area contributed by atoms with E-state index in [-0.39, 0.29) is 0 Å². The molecule has 0 aromatic carbocycles. The molecule has 2 aromatic rings. The van der Waals surface area contributed by atoms with Gasteiger partial charge in [0.2, 0.25) is 5.95 Å². The Labute approximate surface area is 112 Å². The number of nitrogens with one attached hydrogen (secondary N) is 2. The van der Waals surface area contributed by atoms with Crippen LogP contribution in [0.25, 0.3) is 5.57 Å². The average Bonchev–Trinajstić information content (AvgIpc) is 2.38. The first-order chi connectivity index (χ1) is 9.15. The Kier molecular flexibility index (Phi) is 4.07. The fourth-order valence-corrected chi connectivity index (χ4v) is 1.66. The molecule has 0 aliphatic heterocycles. The van der Waals surface area contributed by atoms with Crippen LogP contribution in [0.3, 0.4) is 0 Å². The van der Waals surface area contributed by atoms with Crippen molar-refractivity contribution in [3.8, 4) is 0 Å². The quantitative estimate of drug-likeness (QED) is 0.822. The number of hydrogen-bond donors (Lipinski definition) is 2. The summed E-state index contributed by atoms with van der Waals surface area (Å²) in [7, 11) is 0. The first-order valence-corrected chi connectivity index (χ1v) is 6.07. The molecule has 5 nitrogen and oxygen atoms in total. The van der Waals surface area contributed by atoms with Crippen molar-refractivity contribution in [2.45, 2.75) is 20.8 Å². The molecule has 2 heterocycles. The molecule has 0 saturated heterocycles. The van der Waals surface area contributed by atoms with E-state index in [1.807, 2.05) is 51.2 Å². The van der Waals surface area contributed by atoms with Gasteiger partial charge in [-0.15, -0.1) is 0 Å². The molecule has 0 amide bonds. The summed E-state index contributed by atoms with van der Waals surface area (Å²) in [6, 6.07) is 7.74. The van der Waals surface area contributed by atoms with Gasteiger partial charge in [0.25, 0.3) is 0 Å². The summed E-state index contributed by atoms with van der Waals surface area (Å²) in [5.41, 5.74) is 9.75. The molecule has 98 valence electrons. The monoisotopic (exact) mass is 255 g/mol. The fraction of sp³-hybridized carbons (Fsp3) is 0.214. The number of allylic oxidation sites excluding steroid dienone is 1. The lowest BCUT2D eigenvalue weighted by Crippen LogP contribution is -2.17. The molecule has 0 fully saturated rings. The highest BCUT2D eigenvalue weighted by Crippen LogP contribution is 2.08. The summed E-state index contributed by atoms with van der Waals surface area (Å²) in [5, 5.41) is 0. The van der Waals surface area contributed by atoms with Crippen molar-refractivity contribution in [2.24, 2.45) is 0 Å². The van der Waals surface area contributed by atoms with E-state index in [0.29, 0.717) is 5.95 Å². The first kappa shape index (κ1) is 13.0. The zero-order valence-corrected chi connectivity index (χ0v) is 11.3. The number of nitrogens with zero attached hydrogens (tertiary/aromatic N) is 3. The van der Waals surface area contributed by atoms with Gasteiger partial charge in [0.1, 0.15) is 0 Å². The predicted octanol–water partition coefficient (Wildman–Crippen LogP) is 2.47. The Balaban J connectivity index is 1.99. The molecule has 0 unspecified atom stereocenters. The van der Waals surface area contributed by atoms with Gasteiger partial charge < -0.3 is 5.43 Å². The van der Waals surface area contributed by atoms with E-state index in [4.69, 9.17) is 0 Å². The number of aryl methyl sites for hydroxylation is 2. The van der Waals surface area contributed by atoms with Gasteiger partial charge in [-0.3, -0.25) is 10.4 Å². The van der Waals surface area contributed by atoms with Crippen LogP contribution in [0.15, 0.2) is 36.7 Å². The smallest absolute Gasteiger partial charge is 0.242 e. The first-order valence-electron chi connectivity index (χ1n) is 6.07. The molecule has 5 heteroatoms. The third-order valence-corrected chi connectivity index (χ3v) is 2.52. The summed E-state index contributed by atoms with van der Waals surface area (Å²) in [6.45, 7) is 5.86. The van der Waals surface area contributed by atoms with Gasteiger partial charge in [-0.25, -0.2) is 9.97 Å². The third-order valence-electron chi connectivity index (χ3n) is 2.52. The molecular formula is C14H17N5. The SMILES string of the molecule is C/C(=C\NNc1nc(C)cc(C)n1)c1ccccn1. The lowest BCUT2D eigenvalue weighted by atomic mass is 10.2. The molecule has 0 atom stereocenters. The molecule has 0 saturated carbocycles. The largest absolute Gasteiger partial charge is 0.305 e. The van der Waals surface area contributed by atoms with E-state index < -0.39 is 0 Å². The number of hydrazine groups is 1. The summed E-state index contributed by atoms with van der Waals surface area (Å²) in [4.78, 5) is 12.8. The van der Waals surface area contributed by atoms with Crippen molar-refractivity contribution in [1.82, 2.24) is 20.4 Å². The van der Waals surface area contributed by atoms with E-state index in [2.05, 4.69) is 25.8 Å². The van der Waals surface area contributed by atoms with Crippen molar-refractivity contribution < 1.29 is 0 Å². The molecular weight excluding hydrogens is 238 g/mol. The number of pyridine rings is 1. The standard InChI is InChI=1S/C14H17N5/c1-10(13-6-4-5-7-15-13)9-16-19-14-17-11(2)8-12(3)18-14/h4-9,16H,1-3H3,(H,17,18,19)/b10-9+. The number of rotatable bonds is 4. The Hall–Kier alpha value is -2.43. The van der Waals surface area contributed by atoms with Gasteiger partial charge in [-0.05, 0) is 44.5 Å². The lowest BCUT2D eigenvalue weighted by molar-refractivity contribution is 0.959. The molecule has 0 aliphatic carbocycles. The van der Waals surface area contributed by atoms with Gasteiger partial charge in [0, 0.05) is 23.8 Å². The number of hydrogen-bond acceptors (Lipinski definition) is 5. The molecule has 0 bridgehead atoms. The zero-order chi connectivity index (χ0) is 13.7. The van der Waals surface area contributed by atoms with Crippen molar-refractivity contribution in [3.63, 3.8) is 0 Å². The van der Waals surface area contributed by atoms with Crippen molar-refractivity contribution in [1.29, 1.82) is 0 Å². The highest BCUT2D eigenvalue weighted by molar-refractivity contribution is 5.59. The van der Waals surface area contributed by atoms with Crippen molar-refractivity contribution >= 4 is 11.5 Å². The second kappa shape index (κ2) is 5.95. The second-order valence-electron chi connectivity index (χ2n) is 4.29. The highest BCUT2D eigenvalue weighted by Gasteiger charge is 1.98. The van der Waals surface area contributed by atoms with E-state index >= 15 is 0 Å². The van der Waals surface area contributed by atoms with Gasteiger partial charge in [0.15, 0.2) is 0 Å². The van der Waals surface area contributed by atoms with Crippen molar-refractivity contribution in [3.05, 3.63) is 53.7 Å². The maximum absolute atomic E-state index is 4.27. The second-order valence-corrected chi connectivity index (χ2v) is 4.29. The summed E-state index contributed by atoms with van der Waals surface area (Å²) >= 11 is 0. The Morgan fingerprint density at radius 2 is 1.89 bits per heavy atom. The summed E-state index contributed by atoms with van der Waals surface area (Å²) < 4.78 is 0. The van der Waals surface area contributed by atoms with E-state index in [1.165, 1.54) is 0 Å². The molecule has 2 aromatic heterocycles. The fourth-order valence-electron chi connectivity index (χ4n) is 1.66. The highest BCUT2D eigenvalue weighted by atomic mass is 15.4. The van der Waals surface area contributed by atoms with E-state index in [1.54, 1.807) is 6.20 Å². The maximum atomic E-state index is 4.27. The summed E-state index contributed by atoms with van der Waals surface area (Å²) in [6.07, 6.45) is 3.61. The number of aromatic nitrogens is 3. The minimum Gasteiger partial charge on any atom is -0.305 e. The van der Waals surface area contributed by atoms with Gasteiger partial charge in [-0.1, -0.05) is 6.07 Å². The molecule has 0 spiro atoms. The van der Waals surface area contributed by atoms with Crippen LogP contribution >= 0.6 is 0 Å². The van der Waals surface area contributed by atoms with Gasteiger partial charge in [-0.2, -0.15) is 0 Å². The molecule has 2 N–H and O–H groups in total. The zero-order valence-electron chi connectivity index (χ0n) is 11.3. The van der Waals surface area contributed by atoms with Crippen LogP contribution < -0.4 is 10.9 Å². The number of anilines is 1. The Morgan fingerprint density at radius 1 is 1.16 bits per heavy atom. The van der Waals surface area contributed by atoms with Crippen molar-refractivity contribution in [2.75, 3.05) is 5.43 Å². The Bertz CT molecular complexity index is 557. The topological polar surface area (TPSA) is 62.7 Å². The summed E-state index contributed by atoms with van der Waals surface area (Å²) in [5.74, 6) is 0.558. The molecule has 0 radical (unpaired) electrons. The normalized spacial score (nSPS) is 11.2. The molecule has 2 rings (SSSR count). The molecule has 19 heavy (non-hydrogen) atoms. The van der Waals surface area contributed by atoms with Crippen LogP contribution in [0, 0.1) is 13.8 Å². The van der Waals surface area contributed by atoms with Crippen LogP contribution in [0.2, 0.25) is 0 Å². The van der Waals surface area contributed by atoms with Crippen LogP contribution in [-0.2, 0) is 0 Å². The Morgan fingerprint density at radius 3 is 2.53 bits per heavy atom. The van der Waals surface area contributed by atoms with Crippen LogP contribution in [-0.4, -0.2) is 15.0 Å². The third kappa shape index (κ3) is 3.77. The van der Waals surface area contributed by atoms with Crippen LogP contribution in [0.1, 0.15) is 24.0 Å². The predicted molar refractivity (Wildman–Crippen MR) is 76.2 cm³/mol. The van der Waals surface area contributed by atoms with Crippen LogP contribution in [0.4, 0.5) is 5.95 Å². The van der Waals surface area contributed by atoms with Gasteiger partial charge >= 0.3 is 0 Å². The average molecular weight is 255 g/mol. The minimum atomic E-state index is 0.558. The van der Waals surface area contributed by atoms with E-state index in [0.717, 1.165) is 22.7 Å².